The Morgan fingerprint density at radius 3 is 2.29 bits per heavy atom. The SMILES string of the molecule is C[N+]1(C)C2CCC1CC(CC(O)(c1ccccc1)c1cccs1)C2. The molecule has 3 atom stereocenters. The monoisotopic (exact) mass is 342 g/mol. The fourth-order valence-corrected chi connectivity index (χ4v) is 6.02. The molecule has 0 amide bonds. The smallest absolute Gasteiger partial charge is 0.124 e. The summed E-state index contributed by atoms with van der Waals surface area (Å²) in [6.45, 7) is 0. The van der Waals surface area contributed by atoms with E-state index < -0.39 is 5.60 Å². The van der Waals surface area contributed by atoms with Gasteiger partial charge >= 0.3 is 0 Å². The summed E-state index contributed by atoms with van der Waals surface area (Å²) in [6.07, 6.45) is 6.08. The lowest BCUT2D eigenvalue weighted by Gasteiger charge is -2.45. The first-order chi connectivity index (χ1) is 11.5. The highest BCUT2D eigenvalue weighted by Gasteiger charge is 2.50. The van der Waals surface area contributed by atoms with Crippen molar-refractivity contribution in [1.29, 1.82) is 0 Å². The Balaban J connectivity index is 1.63. The number of aliphatic hydroxyl groups is 1. The molecule has 1 N–H and O–H groups in total. The third kappa shape index (κ3) is 2.63. The number of thiophene rings is 1. The molecule has 128 valence electrons. The highest BCUT2D eigenvalue weighted by molar-refractivity contribution is 7.10. The highest BCUT2D eigenvalue weighted by atomic mass is 32.1. The summed E-state index contributed by atoms with van der Waals surface area (Å²) in [5.74, 6) is 0.612. The van der Waals surface area contributed by atoms with Crippen molar-refractivity contribution < 1.29 is 9.59 Å². The molecule has 2 aliphatic rings. The number of rotatable bonds is 4. The number of piperidine rings is 1. The van der Waals surface area contributed by atoms with Crippen molar-refractivity contribution in [3.8, 4) is 0 Å². The molecule has 1 aromatic carbocycles. The van der Waals surface area contributed by atoms with Crippen molar-refractivity contribution in [2.75, 3.05) is 14.1 Å². The first-order valence-corrected chi connectivity index (χ1v) is 10.0. The highest BCUT2D eigenvalue weighted by Crippen LogP contribution is 2.47. The van der Waals surface area contributed by atoms with E-state index in [9.17, 15) is 5.11 Å². The minimum Gasteiger partial charge on any atom is -0.380 e. The molecule has 3 heteroatoms. The van der Waals surface area contributed by atoms with Crippen molar-refractivity contribution in [3.05, 3.63) is 58.3 Å². The maximum atomic E-state index is 11.7. The van der Waals surface area contributed by atoms with Crippen LogP contribution in [0.2, 0.25) is 0 Å². The third-order valence-corrected chi connectivity index (χ3v) is 7.71. The standard InChI is InChI=1S/C21H28NOS/c1-22(2)18-10-11-19(22)14-16(13-18)15-21(23,20-9-6-12-24-20)17-7-4-3-5-8-17/h3-9,12,16,18-19,23H,10-11,13-15H2,1-2H3/q+1. The molecule has 4 rings (SSSR count). The van der Waals surface area contributed by atoms with Gasteiger partial charge in [-0.3, -0.25) is 0 Å². The molecule has 2 nitrogen and oxygen atoms in total. The summed E-state index contributed by atoms with van der Waals surface area (Å²) < 4.78 is 1.19. The molecular weight excluding hydrogens is 314 g/mol. The van der Waals surface area contributed by atoms with Crippen LogP contribution in [0.1, 0.15) is 42.5 Å². The van der Waals surface area contributed by atoms with Gasteiger partial charge in [0.2, 0.25) is 0 Å². The largest absolute Gasteiger partial charge is 0.380 e. The minimum atomic E-state index is -0.839. The Morgan fingerprint density at radius 2 is 1.71 bits per heavy atom. The summed E-state index contributed by atoms with van der Waals surface area (Å²) in [5, 5.41) is 13.8. The third-order valence-electron chi connectivity index (χ3n) is 6.69. The summed E-state index contributed by atoms with van der Waals surface area (Å²) in [6, 6.07) is 16.0. The normalized spacial score (nSPS) is 30.9. The predicted octanol–water partition coefficient (Wildman–Crippen LogP) is 4.39. The van der Waals surface area contributed by atoms with E-state index in [4.69, 9.17) is 0 Å². The van der Waals surface area contributed by atoms with Crippen molar-refractivity contribution in [1.82, 2.24) is 0 Å². The van der Waals surface area contributed by atoms with Crippen LogP contribution in [0, 0.1) is 5.92 Å². The van der Waals surface area contributed by atoms with Crippen LogP contribution in [0.3, 0.4) is 0 Å². The van der Waals surface area contributed by atoms with E-state index in [2.05, 4.69) is 43.7 Å². The topological polar surface area (TPSA) is 20.2 Å². The van der Waals surface area contributed by atoms with Crippen molar-refractivity contribution >= 4 is 11.3 Å². The van der Waals surface area contributed by atoms with Crippen LogP contribution in [0.5, 0.6) is 0 Å². The molecule has 2 aliphatic heterocycles. The van der Waals surface area contributed by atoms with E-state index >= 15 is 0 Å². The lowest BCUT2D eigenvalue weighted by atomic mass is 9.77. The number of nitrogens with zero attached hydrogens (tertiary/aromatic N) is 1. The van der Waals surface area contributed by atoms with Gasteiger partial charge in [0.15, 0.2) is 0 Å². The quantitative estimate of drug-likeness (QED) is 0.817. The number of quaternary nitrogens is 1. The zero-order valence-electron chi connectivity index (χ0n) is 14.7. The number of hydrogen-bond donors (Lipinski definition) is 1. The average Bonchev–Trinajstić information content (AvgIpc) is 3.13. The molecule has 3 heterocycles. The van der Waals surface area contributed by atoms with E-state index in [1.807, 2.05) is 18.2 Å². The Kier molecular flexibility index (Phi) is 4.06. The second kappa shape index (κ2) is 5.98. The van der Waals surface area contributed by atoms with Gasteiger partial charge in [-0.05, 0) is 29.3 Å². The predicted molar refractivity (Wildman–Crippen MR) is 100 cm³/mol. The van der Waals surface area contributed by atoms with Gasteiger partial charge in [-0.2, -0.15) is 0 Å². The van der Waals surface area contributed by atoms with Crippen molar-refractivity contribution in [2.24, 2.45) is 5.92 Å². The van der Waals surface area contributed by atoms with Crippen LogP contribution >= 0.6 is 11.3 Å². The zero-order valence-corrected chi connectivity index (χ0v) is 15.5. The van der Waals surface area contributed by atoms with E-state index in [0.29, 0.717) is 5.92 Å². The fourth-order valence-electron chi connectivity index (χ4n) is 5.17. The maximum Gasteiger partial charge on any atom is 0.124 e. The van der Waals surface area contributed by atoms with Gasteiger partial charge in [-0.25, -0.2) is 0 Å². The first-order valence-electron chi connectivity index (χ1n) is 9.15. The Labute approximate surface area is 149 Å². The molecule has 2 bridgehead atoms. The van der Waals surface area contributed by atoms with Gasteiger partial charge in [-0.1, -0.05) is 36.4 Å². The molecule has 0 radical (unpaired) electrons. The van der Waals surface area contributed by atoms with Gasteiger partial charge < -0.3 is 9.59 Å². The van der Waals surface area contributed by atoms with Gasteiger partial charge in [-0.15, -0.1) is 11.3 Å². The minimum absolute atomic E-state index is 0.612. The Hall–Kier alpha value is -1.16. The molecule has 0 spiro atoms. The lowest BCUT2D eigenvalue weighted by Crippen LogP contribution is -2.55. The molecule has 1 aromatic heterocycles. The number of hydrogen-bond acceptors (Lipinski definition) is 2. The fraction of sp³-hybridized carbons (Fsp3) is 0.524. The Morgan fingerprint density at radius 1 is 1.04 bits per heavy atom. The zero-order chi connectivity index (χ0) is 16.8. The van der Waals surface area contributed by atoms with E-state index in [1.165, 1.54) is 30.2 Å². The molecule has 0 aliphatic carbocycles. The lowest BCUT2D eigenvalue weighted by molar-refractivity contribution is -0.931. The maximum absolute atomic E-state index is 11.7. The van der Waals surface area contributed by atoms with Crippen LogP contribution < -0.4 is 0 Å². The van der Waals surface area contributed by atoms with Crippen molar-refractivity contribution in [3.63, 3.8) is 0 Å². The molecule has 3 unspecified atom stereocenters. The summed E-state index contributed by atoms with van der Waals surface area (Å²) in [7, 11) is 4.81. The van der Waals surface area contributed by atoms with Gasteiger partial charge in [0.25, 0.3) is 0 Å². The molecule has 2 fully saturated rings. The van der Waals surface area contributed by atoms with E-state index in [1.54, 1.807) is 11.3 Å². The molecule has 2 saturated heterocycles. The number of fused-ring (bicyclic) bond motifs is 2. The second-order valence-electron chi connectivity index (χ2n) is 8.26. The molecule has 2 aromatic rings. The summed E-state index contributed by atoms with van der Waals surface area (Å²) >= 11 is 1.68. The average molecular weight is 343 g/mol. The molecule has 0 saturated carbocycles. The summed E-state index contributed by atoms with van der Waals surface area (Å²) in [5.41, 5.74) is 0.202. The van der Waals surface area contributed by atoms with Crippen LogP contribution in [0.15, 0.2) is 47.8 Å². The van der Waals surface area contributed by atoms with Gasteiger partial charge in [0, 0.05) is 30.6 Å². The van der Waals surface area contributed by atoms with E-state index in [-0.39, 0.29) is 0 Å². The molecular formula is C21H28NOS+. The first kappa shape index (κ1) is 16.3. The summed E-state index contributed by atoms with van der Waals surface area (Å²) in [4.78, 5) is 1.08. The number of benzene rings is 1. The van der Waals surface area contributed by atoms with E-state index in [0.717, 1.165) is 28.9 Å². The van der Waals surface area contributed by atoms with Crippen LogP contribution in [0.25, 0.3) is 0 Å². The van der Waals surface area contributed by atoms with Gasteiger partial charge in [0.1, 0.15) is 5.60 Å². The second-order valence-corrected chi connectivity index (χ2v) is 9.21. The van der Waals surface area contributed by atoms with Crippen molar-refractivity contribution in [2.45, 2.75) is 49.8 Å². The van der Waals surface area contributed by atoms with Crippen LogP contribution in [-0.4, -0.2) is 35.8 Å². The Bertz CT molecular complexity index is 665. The van der Waals surface area contributed by atoms with Crippen LogP contribution in [-0.2, 0) is 5.60 Å². The van der Waals surface area contributed by atoms with Crippen LogP contribution in [0.4, 0.5) is 0 Å². The van der Waals surface area contributed by atoms with Gasteiger partial charge in [0.05, 0.1) is 26.2 Å². The molecule has 24 heavy (non-hydrogen) atoms.